The molecule has 6 rings (SSSR count). The maximum absolute atomic E-state index is 12.9. The van der Waals surface area contributed by atoms with Crippen molar-refractivity contribution in [1.82, 2.24) is 19.7 Å². The van der Waals surface area contributed by atoms with Crippen LogP contribution >= 0.6 is 0 Å². The van der Waals surface area contributed by atoms with E-state index in [4.69, 9.17) is 9.84 Å². The molecule has 1 unspecified atom stereocenters. The first-order valence-corrected chi connectivity index (χ1v) is 12.7. The third-order valence-corrected chi connectivity index (χ3v) is 8.44. The molecule has 2 aliphatic carbocycles. The third kappa shape index (κ3) is 3.66. The van der Waals surface area contributed by atoms with Crippen molar-refractivity contribution in [2.75, 3.05) is 26.3 Å². The molecular weight excluding hydrogens is 388 g/mol. The summed E-state index contributed by atoms with van der Waals surface area (Å²) in [4.78, 5) is 18.9. The number of likely N-dealkylation sites (tertiary alicyclic amines) is 1. The van der Waals surface area contributed by atoms with E-state index in [1.165, 1.54) is 74.6 Å². The molecule has 1 N–H and O–H groups in total. The van der Waals surface area contributed by atoms with E-state index in [1.807, 2.05) is 0 Å². The predicted molar refractivity (Wildman–Crippen MR) is 122 cm³/mol. The number of ether oxygens (including phenoxy) is 1. The number of H-pyrrole nitrogens is 1. The number of hydrogen-bond acceptors (Lipinski definition) is 4. The summed E-state index contributed by atoms with van der Waals surface area (Å²) in [5.74, 6) is 1.19. The Kier molecular flexibility index (Phi) is 5.39. The predicted octanol–water partition coefficient (Wildman–Crippen LogP) is 3.76. The lowest BCUT2D eigenvalue weighted by molar-refractivity contribution is 0.0158. The second-order valence-electron chi connectivity index (χ2n) is 10.4. The first kappa shape index (κ1) is 20.0. The van der Waals surface area contributed by atoms with Crippen molar-refractivity contribution in [3.8, 4) is 0 Å². The summed E-state index contributed by atoms with van der Waals surface area (Å²) < 4.78 is 7.78. The normalized spacial score (nSPS) is 26.1. The van der Waals surface area contributed by atoms with E-state index in [2.05, 4.69) is 14.6 Å². The van der Waals surface area contributed by atoms with Crippen LogP contribution in [0.2, 0.25) is 0 Å². The lowest BCUT2D eigenvalue weighted by Crippen LogP contribution is -2.46. The van der Waals surface area contributed by atoms with Crippen molar-refractivity contribution in [2.24, 2.45) is 5.92 Å². The molecule has 4 aliphatic rings. The van der Waals surface area contributed by atoms with Gasteiger partial charge in [-0.15, -0.1) is 0 Å². The smallest absolute Gasteiger partial charge is 0.253 e. The topological polar surface area (TPSA) is 63.2 Å². The number of aromatic nitrogens is 3. The molecule has 0 bridgehead atoms. The molecule has 6 heteroatoms. The number of nitrogens with zero attached hydrogens (tertiary/aromatic N) is 3. The molecule has 2 aromatic heterocycles. The van der Waals surface area contributed by atoms with Gasteiger partial charge in [0.1, 0.15) is 5.65 Å². The largest absolute Gasteiger partial charge is 0.381 e. The van der Waals surface area contributed by atoms with E-state index in [0.29, 0.717) is 17.9 Å². The van der Waals surface area contributed by atoms with Gasteiger partial charge in [0.15, 0.2) is 0 Å². The molecule has 0 aromatic carbocycles. The van der Waals surface area contributed by atoms with Gasteiger partial charge in [-0.1, -0.05) is 6.42 Å². The average Bonchev–Trinajstić information content (AvgIpc) is 3.11. The Labute approximate surface area is 184 Å². The van der Waals surface area contributed by atoms with Crippen LogP contribution in [0.1, 0.15) is 80.5 Å². The standard InChI is InChI=1S/C25H36N4O2/c30-25-21-9-2-1-8-20(21)22-23(18-6-3-7-18)27-29(24(22)26-25)16-17-5-4-12-28(15-17)19-10-13-31-14-11-19/h17-19H,1-16H2,(H,26,30). The van der Waals surface area contributed by atoms with Gasteiger partial charge in [0.2, 0.25) is 0 Å². The van der Waals surface area contributed by atoms with Gasteiger partial charge in [-0.2, -0.15) is 5.10 Å². The van der Waals surface area contributed by atoms with E-state index in [-0.39, 0.29) is 5.56 Å². The number of fused-ring (bicyclic) bond motifs is 3. The first-order chi connectivity index (χ1) is 15.3. The van der Waals surface area contributed by atoms with Crippen molar-refractivity contribution in [3.63, 3.8) is 0 Å². The average molecular weight is 425 g/mol. The van der Waals surface area contributed by atoms with Crippen LogP contribution in [0, 0.1) is 5.92 Å². The van der Waals surface area contributed by atoms with Crippen LogP contribution in [0.4, 0.5) is 0 Å². The van der Waals surface area contributed by atoms with Crippen molar-refractivity contribution >= 4 is 11.0 Å². The first-order valence-electron chi connectivity index (χ1n) is 12.7. The quantitative estimate of drug-likeness (QED) is 0.812. The molecule has 168 valence electrons. The minimum absolute atomic E-state index is 0.135. The highest BCUT2D eigenvalue weighted by molar-refractivity contribution is 5.84. The van der Waals surface area contributed by atoms with E-state index >= 15 is 0 Å². The summed E-state index contributed by atoms with van der Waals surface area (Å²) in [7, 11) is 0. The molecule has 2 aliphatic heterocycles. The SMILES string of the molecule is O=c1[nH]c2c(c(C3CCC3)nn2CC2CCCN(C3CCOCC3)C2)c2c1CCCC2. The Morgan fingerprint density at radius 1 is 0.968 bits per heavy atom. The zero-order valence-corrected chi connectivity index (χ0v) is 18.7. The fourth-order valence-corrected chi connectivity index (χ4v) is 6.49. The Morgan fingerprint density at radius 3 is 2.55 bits per heavy atom. The molecule has 2 aromatic rings. The lowest BCUT2D eigenvalue weighted by atomic mass is 9.80. The summed E-state index contributed by atoms with van der Waals surface area (Å²) >= 11 is 0. The van der Waals surface area contributed by atoms with Crippen LogP contribution in [-0.2, 0) is 24.1 Å². The molecule has 1 saturated carbocycles. The molecule has 6 nitrogen and oxygen atoms in total. The van der Waals surface area contributed by atoms with Gasteiger partial charge in [0.05, 0.1) is 5.69 Å². The van der Waals surface area contributed by atoms with Gasteiger partial charge in [-0.05, 0) is 82.2 Å². The highest BCUT2D eigenvalue weighted by Crippen LogP contribution is 2.41. The van der Waals surface area contributed by atoms with E-state index < -0.39 is 0 Å². The summed E-state index contributed by atoms with van der Waals surface area (Å²) in [6, 6.07) is 0.684. The number of piperidine rings is 1. The van der Waals surface area contributed by atoms with Gasteiger partial charge >= 0.3 is 0 Å². The van der Waals surface area contributed by atoms with Gasteiger partial charge in [0.25, 0.3) is 5.56 Å². The number of aromatic amines is 1. The second kappa shape index (κ2) is 8.36. The minimum Gasteiger partial charge on any atom is -0.381 e. The molecule has 1 atom stereocenters. The molecule has 0 spiro atoms. The molecule has 31 heavy (non-hydrogen) atoms. The second-order valence-corrected chi connectivity index (χ2v) is 10.4. The molecule has 4 heterocycles. The van der Waals surface area contributed by atoms with Crippen molar-refractivity contribution in [2.45, 2.75) is 89.1 Å². The Hall–Kier alpha value is -1.66. The van der Waals surface area contributed by atoms with Gasteiger partial charge in [-0.3, -0.25) is 9.69 Å². The monoisotopic (exact) mass is 424 g/mol. The van der Waals surface area contributed by atoms with Gasteiger partial charge in [0, 0.05) is 49.2 Å². The summed E-state index contributed by atoms with van der Waals surface area (Å²) in [5.41, 5.74) is 4.80. The van der Waals surface area contributed by atoms with Crippen molar-refractivity contribution < 1.29 is 4.74 Å². The summed E-state index contributed by atoms with van der Waals surface area (Å²) in [6.45, 7) is 5.12. The Bertz CT molecular complexity index is 999. The Balaban J connectivity index is 1.32. The zero-order valence-electron chi connectivity index (χ0n) is 18.7. The van der Waals surface area contributed by atoms with E-state index in [9.17, 15) is 4.79 Å². The zero-order chi connectivity index (χ0) is 20.8. The summed E-state index contributed by atoms with van der Waals surface area (Å²) in [6.07, 6.45) is 13.0. The van der Waals surface area contributed by atoms with Crippen LogP contribution in [0.3, 0.4) is 0 Å². The molecule has 0 radical (unpaired) electrons. The van der Waals surface area contributed by atoms with Crippen LogP contribution < -0.4 is 5.56 Å². The maximum atomic E-state index is 12.9. The minimum atomic E-state index is 0.135. The van der Waals surface area contributed by atoms with Gasteiger partial charge in [-0.25, -0.2) is 4.68 Å². The van der Waals surface area contributed by atoms with E-state index in [0.717, 1.165) is 56.8 Å². The fraction of sp³-hybridized carbons (Fsp3) is 0.760. The fourth-order valence-electron chi connectivity index (χ4n) is 6.49. The van der Waals surface area contributed by atoms with E-state index in [1.54, 1.807) is 0 Å². The van der Waals surface area contributed by atoms with Gasteiger partial charge < -0.3 is 9.72 Å². The Morgan fingerprint density at radius 2 is 1.77 bits per heavy atom. The number of aryl methyl sites for hydroxylation is 1. The van der Waals surface area contributed by atoms with Crippen LogP contribution in [0.15, 0.2) is 4.79 Å². The number of pyridine rings is 1. The third-order valence-electron chi connectivity index (χ3n) is 8.44. The van der Waals surface area contributed by atoms with Crippen LogP contribution in [0.25, 0.3) is 11.0 Å². The highest BCUT2D eigenvalue weighted by Gasteiger charge is 2.32. The van der Waals surface area contributed by atoms with Crippen molar-refractivity contribution in [1.29, 1.82) is 0 Å². The van der Waals surface area contributed by atoms with Crippen LogP contribution in [-0.4, -0.2) is 52.0 Å². The molecule has 2 saturated heterocycles. The summed E-state index contributed by atoms with van der Waals surface area (Å²) in [5, 5.41) is 6.52. The maximum Gasteiger partial charge on any atom is 0.253 e. The highest BCUT2D eigenvalue weighted by atomic mass is 16.5. The number of rotatable bonds is 4. The molecule has 0 amide bonds. The lowest BCUT2D eigenvalue weighted by Gasteiger charge is -2.40. The molecule has 3 fully saturated rings. The number of nitrogens with one attached hydrogen (secondary N) is 1. The van der Waals surface area contributed by atoms with Crippen LogP contribution in [0.5, 0.6) is 0 Å². The molecular formula is C25H36N4O2. The van der Waals surface area contributed by atoms with Crippen molar-refractivity contribution in [3.05, 3.63) is 27.2 Å². The number of hydrogen-bond donors (Lipinski definition) is 1.